The minimum absolute atomic E-state index is 0.0141. The summed E-state index contributed by atoms with van der Waals surface area (Å²) in [6, 6.07) is 18.6. The fourth-order valence-electron chi connectivity index (χ4n) is 4.48. The number of halogens is 1. The molecule has 6 heteroatoms. The molecule has 3 rings (SSSR count). The summed E-state index contributed by atoms with van der Waals surface area (Å²) in [6.45, 7) is 7.24. The van der Waals surface area contributed by atoms with Crippen molar-refractivity contribution in [3.05, 3.63) is 83.7 Å². The third-order valence-corrected chi connectivity index (χ3v) is 7.30. The molecule has 3 aromatic rings. The first-order valence-corrected chi connectivity index (χ1v) is 15.0. The van der Waals surface area contributed by atoms with Gasteiger partial charge in [0.15, 0.2) is 0 Å². The molecule has 0 radical (unpaired) electrons. The second kappa shape index (κ2) is 17.2. The average molecular weight is 563 g/mol. The van der Waals surface area contributed by atoms with Gasteiger partial charge < -0.3 is 14.2 Å². The van der Waals surface area contributed by atoms with E-state index in [9.17, 15) is 14.0 Å². The zero-order chi connectivity index (χ0) is 29.5. The molecule has 0 N–H and O–H groups in total. The van der Waals surface area contributed by atoms with Crippen LogP contribution in [-0.2, 0) is 4.74 Å². The van der Waals surface area contributed by atoms with E-state index in [1.807, 2.05) is 50.2 Å². The molecular weight excluding hydrogens is 519 g/mol. The normalized spacial score (nSPS) is 11.0. The molecule has 5 nitrogen and oxygen atoms in total. The first-order chi connectivity index (χ1) is 19.9. The predicted molar refractivity (Wildman–Crippen MR) is 161 cm³/mol. The van der Waals surface area contributed by atoms with Crippen molar-refractivity contribution in [1.82, 2.24) is 0 Å². The lowest BCUT2D eigenvalue weighted by Gasteiger charge is -2.13. The summed E-state index contributed by atoms with van der Waals surface area (Å²) in [5.74, 6) is -1.04. The van der Waals surface area contributed by atoms with E-state index in [2.05, 4.69) is 6.92 Å². The smallest absolute Gasteiger partial charge is 0.343 e. The van der Waals surface area contributed by atoms with Gasteiger partial charge in [0.1, 0.15) is 17.3 Å². The van der Waals surface area contributed by atoms with Gasteiger partial charge in [-0.05, 0) is 59.9 Å². The second-order valence-corrected chi connectivity index (χ2v) is 10.4. The highest BCUT2D eigenvalue weighted by Gasteiger charge is 2.17. The Hall–Kier alpha value is -3.67. The molecule has 0 spiro atoms. The molecule has 0 saturated heterocycles. The van der Waals surface area contributed by atoms with Crippen LogP contribution in [0.5, 0.6) is 11.5 Å². The van der Waals surface area contributed by atoms with Crippen LogP contribution in [0.1, 0.15) is 99.3 Å². The van der Waals surface area contributed by atoms with Gasteiger partial charge in [-0.3, -0.25) is 0 Å². The summed E-state index contributed by atoms with van der Waals surface area (Å²) >= 11 is 0. The molecule has 0 fully saturated rings. The SMILES string of the molecule is CCCCCCCCCOc1ccc(-c2ccc(C(=O)Oc3ccc(C(=O)OCC(CC)CC)c(F)c3)cc2)cc1. The highest BCUT2D eigenvalue weighted by molar-refractivity contribution is 5.92. The minimum atomic E-state index is -0.796. The molecule has 0 heterocycles. The molecule has 0 bridgehead atoms. The number of hydrogen-bond donors (Lipinski definition) is 0. The highest BCUT2D eigenvalue weighted by atomic mass is 19.1. The molecule has 41 heavy (non-hydrogen) atoms. The van der Waals surface area contributed by atoms with Gasteiger partial charge in [-0.25, -0.2) is 14.0 Å². The zero-order valence-corrected chi connectivity index (χ0v) is 24.6. The third-order valence-electron chi connectivity index (χ3n) is 7.30. The molecule has 0 aliphatic heterocycles. The molecule has 0 saturated carbocycles. The Morgan fingerprint density at radius 3 is 1.90 bits per heavy atom. The molecule has 0 aliphatic rings. The summed E-state index contributed by atoms with van der Waals surface area (Å²) in [5.41, 5.74) is 2.09. The van der Waals surface area contributed by atoms with Crippen LogP contribution in [0.4, 0.5) is 4.39 Å². The van der Waals surface area contributed by atoms with Crippen molar-refractivity contribution in [1.29, 1.82) is 0 Å². The lowest BCUT2D eigenvalue weighted by molar-refractivity contribution is 0.0428. The summed E-state index contributed by atoms with van der Waals surface area (Å²) in [7, 11) is 0. The third kappa shape index (κ3) is 10.3. The maximum absolute atomic E-state index is 14.6. The lowest BCUT2D eigenvalue weighted by Crippen LogP contribution is -2.15. The number of carbonyl (C=O) groups excluding carboxylic acids is 2. The van der Waals surface area contributed by atoms with E-state index in [1.54, 1.807) is 12.1 Å². The Morgan fingerprint density at radius 1 is 0.707 bits per heavy atom. The average Bonchev–Trinajstić information content (AvgIpc) is 2.99. The molecule has 0 atom stereocenters. The van der Waals surface area contributed by atoms with Crippen molar-refractivity contribution in [3.63, 3.8) is 0 Å². The first kappa shape index (κ1) is 31.9. The van der Waals surface area contributed by atoms with Crippen LogP contribution in [0.2, 0.25) is 0 Å². The van der Waals surface area contributed by atoms with E-state index < -0.39 is 17.8 Å². The Labute approximate surface area is 244 Å². The zero-order valence-electron chi connectivity index (χ0n) is 24.6. The van der Waals surface area contributed by atoms with Gasteiger partial charge in [0.25, 0.3) is 0 Å². The van der Waals surface area contributed by atoms with Crippen molar-refractivity contribution < 1.29 is 28.2 Å². The van der Waals surface area contributed by atoms with Crippen LogP contribution in [0, 0.1) is 11.7 Å². The van der Waals surface area contributed by atoms with Crippen LogP contribution in [0.3, 0.4) is 0 Å². The fraction of sp³-hybridized carbons (Fsp3) is 0.429. The lowest BCUT2D eigenvalue weighted by atomic mass is 10.0. The van der Waals surface area contributed by atoms with E-state index in [-0.39, 0.29) is 23.8 Å². The van der Waals surface area contributed by atoms with Crippen LogP contribution in [-0.4, -0.2) is 25.2 Å². The molecular formula is C35H43FO5. The van der Waals surface area contributed by atoms with Gasteiger partial charge in [0.2, 0.25) is 0 Å². The predicted octanol–water partition coefficient (Wildman–Crippen LogP) is 9.43. The Kier molecular flexibility index (Phi) is 13.4. The Balaban J connectivity index is 1.48. The van der Waals surface area contributed by atoms with Crippen LogP contribution < -0.4 is 9.47 Å². The maximum atomic E-state index is 14.6. The van der Waals surface area contributed by atoms with Gasteiger partial charge in [-0.2, -0.15) is 0 Å². The number of benzene rings is 3. The minimum Gasteiger partial charge on any atom is -0.494 e. The Morgan fingerprint density at radius 2 is 1.29 bits per heavy atom. The van der Waals surface area contributed by atoms with Crippen molar-refractivity contribution >= 4 is 11.9 Å². The van der Waals surface area contributed by atoms with Gasteiger partial charge >= 0.3 is 11.9 Å². The monoisotopic (exact) mass is 562 g/mol. The number of unbranched alkanes of at least 4 members (excludes halogenated alkanes) is 6. The number of hydrogen-bond acceptors (Lipinski definition) is 5. The van der Waals surface area contributed by atoms with Gasteiger partial charge in [-0.1, -0.05) is 96.4 Å². The van der Waals surface area contributed by atoms with Gasteiger partial charge in [0, 0.05) is 6.07 Å². The fourth-order valence-corrected chi connectivity index (χ4v) is 4.48. The van der Waals surface area contributed by atoms with Crippen LogP contribution >= 0.6 is 0 Å². The molecule has 220 valence electrons. The number of rotatable bonds is 17. The molecule has 3 aromatic carbocycles. The number of carbonyl (C=O) groups is 2. The first-order valence-electron chi connectivity index (χ1n) is 15.0. The van der Waals surface area contributed by atoms with E-state index in [1.165, 1.54) is 50.7 Å². The van der Waals surface area contributed by atoms with E-state index in [4.69, 9.17) is 14.2 Å². The van der Waals surface area contributed by atoms with Crippen LogP contribution in [0.15, 0.2) is 66.7 Å². The quantitative estimate of drug-likeness (QED) is 0.0931. The van der Waals surface area contributed by atoms with Crippen molar-refractivity contribution in [2.45, 2.75) is 78.6 Å². The summed E-state index contributed by atoms with van der Waals surface area (Å²) in [6.07, 6.45) is 10.5. The number of esters is 2. The second-order valence-electron chi connectivity index (χ2n) is 10.4. The van der Waals surface area contributed by atoms with E-state index in [0.29, 0.717) is 5.56 Å². The maximum Gasteiger partial charge on any atom is 0.343 e. The molecule has 0 aliphatic carbocycles. The van der Waals surface area contributed by atoms with E-state index in [0.717, 1.165) is 48.8 Å². The molecule has 0 amide bonds. The summed E-state index contributed by atoms with van der Waals surface area (Å²) in [5, 5.41) is 0. The van der Waals surface area contributed by atoms with Gasteiger partial charge in [0.05, 0.1) is 24.3 Å². The molecule has 0 aromatic heterocycles. The van der Waals surface area contributed by atoms with Crippen molar-refractivity contribution in [2.24, 2.45) is 5.92 Å². The molecule has 0 unspecified atom stereocenters. The largest absolute Gasteiger partial charge is 0.494 e. The standard InChI is InChI=1S/C35H43FO5/c1-4-7-8-9-10-11-12-23-39-30-19-17-28(18-20-30)27-13-15-29(16-14-27)34(37)41-31-21-22-32(33(36)24-31)35(38)40-25-26(5-2)6-3/h13-22,24,26H,4-12,23,25H2,1-3H3. The van der Waals surface area contributed by atoms with Crippen molar-refractivity contribution in [3.8, 4) is 22.6 Å². The van der Waals surface area contributed by atoms with Crippen molar-refractivity contribution in [2.75, 3.05) is 13.2 Å². The highest BCUT2D eigenvalue weighted by Crippen LogP contribution is 2.24. The Bertz CT molecular complexity index is 1220. The van der Waals surface area contributed by atoms with Crippen LogP contribution in [0.25, 0.3) is 11.1 Å². The number of ether oxygens (including phenoxy) is 3. The van der Waals surface area contributed by atoms with E-state index >= 15 is 0 Å². The van der Waals surface area contributed by atoms with Gasteiger partial charge in [-0.15, -0.1) is 0 Å². The topological polar surface area (TPSA) is 61.8 Å². The summed E-state index contributed by atoms with van der Waals surface area (Å²) < 4.78 is 31.0. The summed E-state index contributed by atoms with van der Waals surface area (Å²) in [4.78, 5) is 24.9.